The van der Waals surface area contributed by atoms with Crippen LogP contribution in [0.3, 0.4) is 0 Å². The molecule has 1 saturated heterocycles. The molecule has 35 heavy (non-hydrogen) atoms. The molecular weight excluding hydrogens is 536 g/mol. The fourth-order valence-corrected chi connectivity index (χ4v) is 5.95. The number of carboxylic acid groups (broad SMARTS) is 2. The van der Waals surface area contributed by atoms with E-state index in [2.05, 4.69) is 21.2 Å². The van der Waals surface area contributed by atoms with Crippen LogP contribution in [-0.4, -0.2) is 53.8 Å². The standard InChI is InChI=1S/C25H23BrN2O6S/c26-20-21(34-14-19(29)30)23(25(32)33)35-22(20)16-7-4-8-18(13-16)28(17-9-11-27-12-10-17)24(31)15-5-2-1-3-6-15/h1-8,13,17,27H,9-12,14H2,(H,29,30)(H,32,33). The Morgan fingerprint density at radius 3 is 2.43 bits per heavy atom. The summed E-state index contributed by atoms with van der Waals surface area (Å²) in [5, 5.41) is 21.9. The molecule has 0 spiro atoms. The number of piperidine rings is 1. The van der Waals surface area contributed by atoms with Gasteiger partial charge in [-0.2, -0.15) is 0 Å². The summed E-state index contributed by atoms with van der Waals surface area (Å²) in [6.07, 6.45) is 1.61. The summed E-state index contributed by atoms with van der Waals surface area (Å²) in [7, 11) is 0. The number of anilines is 1. The Kier molecular flexibility index (Phi) is 7.84. The van der Waals surface area contributed by atoms with Crippen molar-refractivity contribution < 1.29 is 29.3 Å². The first-order chi connectivity index (χ1) is 16.9. The van der Waals surface area contributed by atoms with E-state index in [9.17, 15) is 19.5 Å². The molecule has 0 saturated carbocycles. The molecule has 0 atom stereocenters. The molecule has 8 nitrogen and oxygen atoms in total. The zero-order valence-corrected chi connectivity index (χ0v) is 21.0. The highest BCUT2D eigenvalue weighted by Crippen LogP contribution is 2.46. The van der Waals surface area contributed by atoms with Gasteiger partial charge in [-0.1, -0.05) is 30.3 Å². The lowest BCUT2D eigenvalue weighted by Crippen LogP contribution is -2.46. The number of thiophene rings is 1. The van der Waals surface area contributed by atoms with Gasteiger partial charge in [0.05, 0.1) is 9.35 Å². The molecule has 1 aliphatic heterocycles. The van der Waals surface area contributed by atoms with Crippen LogP contribution in [0.15, 0.2) is 59.1 Å². The van der Waals surface area contributed by atoms with Gasteiger partial charge in [0.1, 0.15) is 0 Å². The van der Waals surface area contributed by atoms with Gasteiger partial charge in [-0.3, -0.25) is 4.79 Å². The van der Waals surface area contributed by atoms with Crippen LogP contribution in [-0.2, 0) is 4.79 Å². The second kappa shape index (κ2) is 11.0. The van der Waals surface area contributed by atoms with E-state index in [4.69, 9.17) is 9.84 Å². The number of halogens is 1. The Labute approximate surface area is 214 Å². The van der Waals surface area contributed by atoms with Crippen molar-refractivity contribution in [3.8, 4) is 16.2 Å². The number of aromatic carboxylic acids is 1. The Balaban J connectivity index is 1.76. The monoisotopic (exact) mass is 558 g/mol. The van der Waals surface area contributed by atoms with Crippen LogP contribution in [0, 0.1) is 0 Å². The fraction of sp³-hybridized carbons (Fsp3) is 0.240. The molecule has 182 valence electrons. The molecule has 3 N–H and O–H groups in total. The number of carbonyl (C=O) groups is 3. The topological polar surface area (TPSA) is 116 Å². The van der Waals surface area contributed by atoms with E-state index in [1.165, 1.54) is 0 Å². The summed E-state index contributed by atoms with van der Waals surface area (Å²) in [5.41, 5.74) is 1.98. The third kappa shape index (κ3) is 5.55. The lowest BCUT2D eigenvalue weighted by atomic mass is 10.0. The number of hydrogen-bond donors (Lipinski definition) is 3. The van der Waals surface area contributed by atoms with Crippen molar-refractivity contribution >= 4 is 50.8 Å². The molecule has 10 heteroatoms. The zero-order chi connectivity index (χ0) is 24.9. The molecular formula is C25H23BrN2O6S. The lowest BCUT2D eigenvalue weighted by molar-refractivity contribution is -0.139. The van der Waals surface area contributed by atoms with Crippen LogP contribution < -0.4 is 15.0 Å². The first-order valence-electron chi connectivity index (χ1n) is 11.0. The molecule has 4 rings (SSSR count). The van der Waals surface area contributed by atoms with Gasteiger partial charge in [-0.25, -0.2) is 9.59 Å². The summed E-state index contributed by atoms with van der Waals surface area (Å²) in [4.78, 5) is 38.7. The second-order valence-electron chi connectivity index (χ2n) is 7.96. The normalized spacial score (nSPS) is 13.9. The Hall–Kier alpha value is -3.21. The van der Waals surface area contributed by atoms with Crippen molar-refractivity contribution in [3.63, 3.8) is 0 Å². The summed E-state index contributed by atoms with van der Waals surface area (Å²) in [6, 6.07) is 16.5. The minimum atomic E-state index is -1.21. The van der Waals surface area contributed by atoms with Gasteiger partial charge < -0.3 is 25.2 Å². The molecule has 0 bridgehead atoms. The van der Waals surface area contributed by atoms with Gasteiger partial charge in [0, 0.05) is 17.3 Å². The van der Waals surface area contributed by atoms with Crippen molar-refractivity contribution in [1.29, 1.82) is 0 Å². The van der Waals surface area contributed by atoms with Crippen LogP contribution in [0.1, 0.15) is 32.9 Å². The van der Waals surface area contributed by atoms with E-state index in [1.807, 2.05) is 47.4 Å². The maximum Gasteiger partial charge on any atom is 0.349 e. The number of nitrogens with one attached hydrogen (secondary N) is 1. The number of carboxylic acids is 2. The Bertz CT molecular complexity index is 1240. The molecule has 1 aliphatic rings. The lowest BCUT2D eigenvalue weighted by Gasteiger charge is -2.35. The molecule has 2 heterocycles. The van der Waals surface area contributed by atoms with Gasteiger partial charge in [-0.15, -0.1) is 11.3 Å². The van der Waals surface area contributed by atoms with E-state index < -0.39 is 18.5 Å². The number of benzene rings is 2. The molecule has 3 aromatic rings. The number of hydrogen-bond acceptors (Lipinski definition) is 6. The van der Waals surface area contributed by atoms with E-state index in [0.29, 0.717) is 26.2 Å². The maximum absolute atomic E-state index is 13.6. The minimum Gasteiger partial charge on any atom is -0.479 e. The summed E-state index contributed by atoms with van der Waals surface area (Å²) in [6.45, 7) is 0.960. The second-order valence-corrected chi connectivity index (χ2v) is 9.78. The number of amides is 1. The van der Waals surface area contributed by atoms with Crippen molar-refractivity contribution in [2.75, 3.05) is 24.6 Å². The number of aliphatic carboxylic acids is 1. The smallest absolute Gasteiger partial charge is 0.349 e. The molecule has 2 aromatic carbocycles. The highest BCUT2D eigenvalue weighted by molar-refractivity contribution is 9.10. The molecule has 1 fully saturated rings. The van der Waals surface area contributed by atoms with Crippen molar-refractivity contribution in [2.45, 2.75) is 18.9 Å². The predicted molar refractivity (Wildman–Crippen MR) is 137 cm³/mol. The Morgan fingerprint density at radius 2 is 1.77 bits per heavy atom. The molecule has 0 unspecified atom stereocenters. The summed E-state index contributed by atoms with van der Waals surface area (Å²) < 4.78 is 5.64. The quantitative estimate of drug-likeness (QED) is 0.365. The van der Waals surface area contributed by atoms with Crippen LogP contribution in [0.25, 0.3) is 10.4 Å². The predicted octanol–water partition coefficient (Wildman–Crippen LogP) is 4.74. The number of rotatable bonds is 8. The zero-order valence-electron chi connectivity index (χ0n) is 18.6. The van der Waals surface area contributed by atoms with Crippen molar-refractivity contribution in [2.24, 2.45) is 0 Å². The number of carbonyl (C=O) groups excluding carboxylic acids is 1. The van der Waals surface area contributed by atoms with Crippen molar-refractivity contribution in [1.82, 2.24) is 5.32 Å². The van der Waals surface area contributed by atoms with Crippen LogP contribution in [0.2, 0.25) is 0 Å². The number of ether oxygens (including phenoxy) is 1. The summed E-state index contributed by atoms with van der Waals surface area (Å²) in [5.74, 6) is -2.55. The Morgan fingerprint density at radius 1 is 1.06 bits per heavy atom. The first-order valence-corrected chi connectivity index (χ1v) is 12.6. The van der Waals surface area contributed by atoms with E-state index in [-0.39, 0.29) is 22.6 Å². The number of nitrogens with zero attached hydrogens (tertiary/aromatic N) is 1. The van der Waals surface area contributed by atoms with Gasteiger partial charge in [-0.05, 0) is 71.7 Å². The molecule has 0 radical (unpaired) electrons. The van der Waals surface area contributed by atoms with Crippen molar-refractivity contribution in [3.05, 3.63) is 69.5 Å². The minimum absolute atomic E-state index is 0.00928. The van der Waals surface area contributed by atoms with Crippen LogP contribution in [0.4, 0.5) is 5.69 Å². The van der Waals surface area contributed by atoms with Gasteiger partial charge in [0.2, 0.25) is 0 Å². The maximum atomic E-state index is 13.6. The molecule has 1 aromatic heterocycles. The fourth-order valence-electron chi connectivity index (χ4n) is 4.06. The third-order valence-corrected chi connectivity index (χ3v) is 7.87. The first kappa shape index (κ1) is 24.9. The van der Waals surface area contributed by atoms with Gasteiger partial charge in [0.15, 0.2) is 17.2 Å². The summed E-state index contributed by atoms with van der Waals surface area (Å²) >= 11 is 4.38. The SMILES string of the molecule is O=C(O)COc1c(C(=O)O)sc(-c2cccc(N(C(=O)c3ccccc3)C3CCNCC3)c2)c1Br. The van der Waals surface area contributed by atoms with E-state index >= 15 is 0 Å². The highest BCUT2D eigenvalue weighted by Gasteiger charge is 2.29. The average Bonchev–Trinajstić information content (AvgIpc) is 3.20. The average molecular weight is 559 g/mol. The van der Waals surface area contributed by atoms with Gasteiger partial charge in [0.25, 0.3) is 5.91 Å². The largest absolute Gasteiger partial charge is 0.479 e. The van der Waals surface area contributed by atoms with Crippen LogP contribution >= 0.6 is 27.3 Å². The van der Waals surface area contributed by atoms with E-state index in [0.717, 1.165) is 37.3 Å². The van der Waals surface area contributed by atoms with Crippen LogP contribution in [0.5, 0.6) is 5.75 Å². The van der Waals surface area contributed by atoms with Gasteiger partial charge >= 0.3 is 11.9 Å². The third-order valence-electron chi connectivity index (χ3n) is 5.64. The molecule has 0 aliphatic carbocycles. The molecule has 1 amide bonds. The van der Waals surface area contributed by atoms with E-state index in [1.54, 1.807) is 12.1 Å². The highest BCUT2D eigenvalue weighted by atomic mass is 79.9.